The van der Waals surface area contributed by atoms with Gasteiger partial charge in [-0.05, 0) is 44.0 Å². The van der Waals surface area contributed by atoms with Crippen LogP contribution in [0.1, 0.15) is 30.1 Å². The van der Waals surface area contributed by atoms with Gasteiger partial charge in [0, 0.05) is 13.1 Å². The minimum atomic E-state index is -1.47. The first-order chi connectivity index (χ1) is 9.99. The number of hydrogen-bond donors (Lipinski definition) is 2. The average Bonchev–Trinajstić information content (AvgIpc) is 2.45. The van der Waals surface area contributed by atoms with E-state index in [4.69, 9.17) is 5.11 Å². The maximum Gasteiger partial charge on any atom is 0.338 e. The molecule has 0 amide bonds. The standard InChI is InChI=1S/C15H20F2N2O2/c1-10-4-7-19(8-5-10)9-6-18-12-3-2-11(15(20)21)13(16)14(12)17/h2-3,10,18H,4-9H2,1H3,(H,20,21). The van der Waals surface area contributed by atoms with E-state index >= 15 is 0 Å². The molecule has 0 spiro atoms. The van der Waals surface area contributed by atoms with Crippen molar-refractivity contribution in [3.63, 3.8) is 0 Å². The molecule has 4 nitrogen and oxygen atoms in total. The van der Waals surface area contributed by atoms with E-state index in [2.05, 4.69) is 17.1 Å². The molecule has 1 saturated heterocycles. The summed E-state index contributed by atoms with van der Waals surface area (Å²) in [5.41, 5.74) is -0.647. The van der Waals surface area contributed by atoms with Gasteiger partial charge < -0.3 is 15.3 Å². The number of carboxylic acid groups (broad SMARTS) is 1. The zero-order valence-electron chi connectivity index (χ0n) is 12.0. The van der Waals surface area contributed by atoms with Crippen LogP contribution in [0.25, 0.3) is 0 Å². The van der Waals surface area contributed by atoms with Gasteiger partial charge in [0.1, 0.15) is 0 Å². The molecule has 0 unspecified atom stereocenters. The highest BCUT2D eigenvalue weighted by Crippen LogP contribution is 2.21. The number of hydrogen-bond acceptors (Lipinski definition) is 3. The van der Waals surface area contributed by atoms with Crippen LogP contribution < -0.4 is 5.32 Å². The summed E-state index contributed by atoms with van der Waals surface area (Å²) in [6.07, 6.45) is 2.33. The lowest BCUT2D eigenvalue weighted by Crippen LogP contribution is -2.36. The van der Waals surface area contributed by atoms with Gasteiger partial charge in [-0.2, -0.15) is 0 Å². The van der Waals surface area contributed by atoms with Crippen molar-refractivity contribution in [1.82, 2.24) is 4.90 Å². The van der Waals surface area contributed by atoms with Gasteiger partial charge in [-0.25, -0.2) is 13.6 Å². The fourth-order valence-electron chi connectivity index (χ4n) is 2.49. The average molecular weight is 298 g/mol. The summed E-state index contributed by atoms with van der Waals surface area (Å²) in [6, 6.07) is 2.34. The number of likely N-dealkylation sites (tertiary alicyclic amines) is 1. The van der Waals surface area contributed by atoms with Crippen molar-refractivity contribution in [3.05, 3.63) is 29.3 Å². The van der Waals surface area contributed by atoms with Crippen molar-refractivity contribution >= 4 is 11.7 Å². The summed E-state index contributed by atoms with van der Waals surface area (Å²) in [4.78, 5) is 13.0. The maximum absolute atomic E-state index is 13.7. The number of halogens is 2. The van der Waals surface area contributed by atoms with Crippen LogP contribution in [0.5, 0.6) is 0 Å². The molecule has 0 radical (unpaired) electrons. The zero-order valence-corrected chi connectivity index (χ0v) is 12.0. The highest BCUT2D eigenvalue weighted by Gasteiger charge is 2.18. The lowest BCUT2D eigenvalue weighted by Gasteiger charge is -2.30. The number of carbonyl (C=O) groups is 1. The number of carboxylic acids is 1. The van der Waals surface area contributed by atoms with Crippen LogP contribution in [0, 0.1) is 17.6 Å². The predicted octanol–water partition coefficient (Wildman–Crippen LogP) is 2.81. The fourth-order valence-corrected chi connectivity index (χ4v) is 2.49. The van der Waals surface area contributed by atoms with Crippen molar-refractivity contribution in [2.75, 3.05) is 31.5 Å². The normalized spacial score (nSPS) is 16.9. The van der Waals surface area contributed by atoms with Crippen LogP contribution in [0.2, 0.25) is 0 Å². The van der Waals surface area contributed by atoms with Crippen molar-refractivity contribution < 1.29 is 18.7 Å². The summed E-state index contributed by atoms with van der Waals surface area (Å²) in [5, 5.41) is 11.5. The number of aromatic carboxylic acids is 1. The summed E-state index contributed by atoms with van der Waals surface area (Å²) in [6.45, 7) is 5.54. The first kappa shape index (κ1) is 15.7. The number of anilines is 1. The molecule has 0 bridgehead atoms. The van der Waals surface area contributed by atoms with Crippen molar-refractivity contribution in [2.24, 2.45) is 5.92 Å². The Kier molecular flexibility index (Phi) is 5.12. The Bertz CT molecular complexity index is 515. The molecule has 0 atom stereocenters. The molecule has 0 aliphatic carbocycles. The highest BCUT2D eigenvalue weighted by atomic mass is 19.2. The molecule has 1 aromatic carbocycles. The van der Waals surface area contributed by atoms with Gasteiger partial charge in [0.2, 0.25) is 0 Å². The monoisotopic (exact) mass is 298 g/mol. The minimum absolute atomic E-state index is 0.00266. The van der Waals surface area contributed by atoms with E-state index in [9.17, 15) is 13.6 Å². The van der Waals surface area contributed by atoms with E-state index in [0.717, 1.165) is 44.5 Å². The zero-order chi connectivity index (χ0) is 15.4. The Balaban J connectivity index is 1.89. The smallest absolute Gasteiger partial charge is 0.338 e. The Morgan fingerprint density at radius 2 is 2.00 bits per heavy atom. The van der Waals surface area contributed by atoms with Gasteiger partial charge >= 0.3 is 5.97 Å². The minimum Gasteiger partial charge on any atom is -0.478 e. The summed E-state index contributed by atoms with van der Waals surface area (Å²) in [7, 11) is 0. The maximum atomic E-state index is 13.7. The molecule has 1 heterocycles. The number of nitrogens with one attached hydrogen (secondary N) is 1. The van der Waals surface area contributed by atoms with Crippen LogP contribution in [0.3, 0.4) is 0 Å². The van der Waals surface area contributed by atoms with Crippen molar-refractivity contribution in [1.29, 1.82) is 0 Å². The van der Waals surface area contributed by atoms with E-state index in [0.29, 0.717) is 6.54 Å². The third kappa shape index (κ3) is 3.91. The first-order valence-corrected chi connectivity index (χ1v) is 7.16. The second-order valence-electron chi connectivity index (χ2n) is 5.54. The largest absolute Gasteiger partial charge is 0.478 e. The third-order valence-electron chi connectivity index (χ3n) is 3.93. The molecule has 21 heavy (non-hydrogen) atoms. The van der Waals surface area contributed by atoms with E-state index < -0.39 is 23.2 Å². The molecule has 1 aliphatic heterocycles. The number of nitrogens with zero attached hydrogens (tertiary/aromatic N) is 1. The van der Waals surface area contributed by atoms with E-state index in [-0.39, 0.29) is 5.69 Å². The molecular weight excluding hydrogens is 278 g/mol. The number of rotatable bonds is 5. The summed E-state index contributed by atoms with van der Waals surface area (Å²) in [5.74, 6) is -3.17. The Labute approximate surface area is 122 Å². The molecule has 2 N–H and O–H groups in total. The number of benzene rings is 1. The van der Waals surface area contributed by atoms with Crippen LogP contribution in [-0.4, -0.2) is 42.2 Å². The van der Waals surface area contributed by atoms with Crippen molar-refractivity contribution in [3.8, 4) is 0 Å². The lowest BCUT2D eigenvalue weighted by atomic mass is 9.99. The molecule has 0 saturated carbocycles. The second kappa shape index (κ2) is 6.85. The molecule has 2 rings (SSSR count). The molecule has 0 aromatic heterocycles. The van der Waals surface area contributed by atoms with Gasteiger partial charge in [0.15, 0.2) is 11.6 Å². The summed E-state index contributed by atoms with van der Waals surface area (Å²) >= 11 is 0. The molecule has 1 aromatic rings. The van der Waals surface area contributed by atoms with Crippen LogP contribution >= 0.6 is 0 Å². The van der Waals surface area contributed by atoms with E-state index in [1.807, 2.05) is 0 Å². The topological polar surface area (TPSA) is 52.6 Å². The molecule has 6 heteroatoms. The third-order valence-corrected chi connectivity index (χ3v) is 3.93. The highest BCUT2D eigenvalue weighted by molar-refractivity contribution is 5.88. The SMILES string of the molecule is CC1CCN(CCNc2ccc(C(=O)O)c(F)c2F)CC1. The summed E-state index contributed by atoms with van der Waals surface area (Å²) < 4.78 is 27.3. The van der Waals surface area contributed by atoms with Crippen molar-refractivity contribution in [2.45, 2.75) is 19.8 Å². The number of piperidine rings is 1. The van der Waals surface area contributed by atoms with Gasteiger partial charge in [-0.3, -0.25) is 0 Å². The Hall–Kier alpha value is -1.69. The molecule has 1 fully saturated rings. The van der Waals surface area contributed by atoms with Crippen LogP contribution in [0.15, 0.2) is 12.1 Å². The lowest BCUT2D eigenvalue weighted by molar-refractivity contribution is 0.0690. The molecular formula is C15H20F2N2O2. The van der Waals surface area contributed by atoms with Gasteiger partial charge in [0.25, 0.3) is 0 Å². The predicted molar refractivity (Wildman–Crippen MR) is 76.6 cm³/mol. The first-order valence-electron chi connectivity index (χ1n) is 7.16. The molecule has 1 aliphatic rings. The second-order valence-corrected chi connectivity index (χ2v) is 5.54. The molecule has 116 valence electrons. The van der Waals surface area contributed by atoms with Crippen LogP contribution in [-0.2, 0) is 0 Å². The quantitative estimate of drug-likeness (QED) is 0.877. The van der Waals surface area contributed by atoms with Gasteiger partial charge in [0.05, 0.1) is 11.3 Å². The van der Waals surface area contributed by atoms with Crippen LogP contribution in [0.4, 0.5) is 14.5 Å². The van der Waals surface area contributed by atoms with E-state index in [1.165, 1.54) is 6.07 Å². The van der Waals surface area contributed by atoms with Gasteiger partial charge in [-0.15, -0.1) is 0 Å². The Morgan fingerprint density at radius 1 is 1.33 bits per heavy atom. The fraction of sp³-hybridized carbons (Fsp3) is 0.533. The van der Waals surface area contributed by atoms with E-state index in [1.54, 1.807) is 0 Å². The Morgan fingerprint density at radius 3 is 2.62 bits per heavy atom. The van der Waals surface area contributed by atoms with Gasteiger partial charge in [-0.1, -0.05) is 6.92 Å².